The van der Waals surface area contributed by atoms with E-state index in [4.69, 9.17) is 9.47 Å². The van der Waals surface area contributed by atoms with Crippen molar-refractivity contribution in [3.63, 3.8) is 0 Å². The maximum absolute atomic E-state index is 11.5. The van der Waals surface area contributed by atoms with Crippen molar-refractivity contribution >= 4 is 11.9 Å². The van der Waals surface area contributed by atoms with Crippen LogP contribution in [-0.2, 0) is 19.1 Å². The lowest BCUT2D eigenvalue weighted by Crippen LogP contribution is -2.35. The van der Waals surface area contributed by atoms with Gasteiger partial charge in [0.05, 0.1) is 6.10 Å². The van der Waals surface area contributed by atoms with Gasteiger partial charge in [0, 0.05) is 13.0 Å². The van der Waals surface area contributed by atoms with Crippen LogP contribution in [0.1, 0.15) is 25.7 Å². The van der Waals surface area contributed by atoms with Crippen molar-refractivity contribution in [2.45, 2.75) is 37.8 Å². The molecule has 0 spiro atoms. The van der Waals surface area contributed by atoms with Crippen molar-refractivity contribution in [2.75, 3.05) is 13.2 Å². The highest BCUT2D eigenvalue weighted by molar-refractivity contribution is 5.88. The van der Waals surface area contributed by atoms with Gasteiger partial charge in [-0.25, -0.2) is 4.79 Å². The van der Waals surface area contributed by atoms with Gasteiger partial charge in [-0.05, 0) is 19.3 Å². The number of esters is 1. The van der Waals surface area contributed by atoms with Crippen LogP contribution in [0.2, 0.25) is 0 Å². The normalized spacial score (nSPS) is 30.3. The highest BCUT2D eigenvalue weighted by Crippen LogP contribution is 2.13. The second-order valence-electron chi connectivity index (χ2n) is 3.92. The summed E-state index contributed by atoms with van der Waals surface area (Å²) in [5.41, 5.74) is 0. The van der Waals surface area contributed by atoms with Gasteiger partial charge in [0.1, 0.15) is 12.6 Å². The first-order chi connectivity index (χ1) is 7.25. The Bertz CT molecular complexity index is 260. The lowest BCUT2D eigenvalue weighted by molar-refractivity contribution is -0.149. The van der Waals surface area contributed by atoms with Crippen LogP contribution in [0.4, 0.5) is 0 Å². The van der Waals surface area contributed by atoms with Gasteiger partial charge < -0.3 is 14.8 Å². The van der Waals surface area contributed by atoms with Crippen LogP contribution in [0.3, 0.4) is 0 Å². The van der Waals surface area contributed by atoms with Crippen LogP contribution < -0.4 is 5.32 Å². The van der Waals surface area contributed by atoms with E-state index in [0.29, 0.717) is 19.4 Å². The molecule has 5 heteroatoms. The zero-order chi connectivity index (χ0) is 10.7. The molecule has 0 aromatic carbocycles. The number of hydrogen-bond acceptors (Lipinski definition) is 4. The summed E-state index contributed by atoms with van der Waals surface area (Å²) in [6.07, 6.45) is 2.99. The Kier molecular flexibility index (Phi) is 3.20. The third kappa shape index (κ3) is 2.68. The molecule has 84 valence electrons. The van der Waals surface area contributed by atoms with Crippen LogP contribution in [0.5, 0.6) is 0 Å². The summed E-state index contributed by atoms with van der Waals surface area (Å²) in [4.78, 5) is 22.3. The van der Waals surface area contributed by atoms with E-state index in [1.54, 1.807) is 0 Å². The number of nitrogens with one attached hydrogen (secondary N) is 1. The fourth-order valence-electron chi connectivity index (χ4n) is 1.84. The summed E-state index contributed by atoms with van der Waals surface area (Å²) in [6.45, 7) is 1.06. The zero-order valence-electron chi connectivity index (χ0n) is 8.53. The van der Waals surface area contributed by atoms with Gasteiger partial charge in [0.25, 0.3) is 0 Å². The maximum Gasteiger partial charge on any atom is 0.328 e. The van der Waals surface area contributed by atoms with Crippen LogP contribution in [-0.4, -0.2) is 37.2 Å². The fraction of sp³-hybridized carbons (Fsp3) is 0.800. The molecule has 15 heavy (non-hydrogen) atoms. The minimum Gasteiger partial charge on any atom is -0.461 e. The van der Waals surface area contributed by atoms with E-state index < -0.39 is 6.04 Å². The second kappa shape index (κ2) is 4.61. The highest BCUT2D eigenvalue weighted by atomic mass is 16.6. The van der Waals surface area contributed by atoms with Gasteiger partial charge in [-0.15, -0.1) is 0 Å². The van der Waals surface area contributed by atoms with Gasteiger partial charge >= 0.3 is 5.97 Å². The van der Waals surface area contributed by atoms with Crippen molar-refractivity contribution in [1.29, 1.82) is 0 Å². The van der Waals surface area contributed by atoms with E-state index in [0.717, 1.165) is 19.4 Å². The van der Waals surface area contributed by atoms with E-state index in [-0.39, 0.29) is 18.0 Å². The minimum absolute atomic E-state index is 0.0473. The summed E-state index contributed by atoms with van der Waals surface area (Å²) in [5, 5.41) is 2.57. The number of ether oxygens (including phenoxy) is 2. The topological polar surface area (TPSA) is 64.6 Å². The molecule has 0 aromatic heterocycles. The van der Waals surface area contributed by atoms with Crippen LogP contribution >= 0.6 is 0 Å². The van der Waals surface area contributed by atoms with E-state index in [1.807, 2.05) is 0 Å². The predicted molar refractivity (Wildman–Crippen MR) is 51.1 cm³/mol. The Morgan fingerprint density at radius 2 is 2.40 bits per heavy atom. The summed E-state index contributed by atoms with van der Waals surface area (Å²) in [7, 11) is 0. The van der Waals surface area contributed by atoms with Crippen LogP contribution in [0.25, 0.3) is 0 Å². The van der Waals surface area contributed by atoms with Crippen molar-refractivity contribution in [2.24, 2.45) is 0 Å². The molecule has 2 atom stereocenters. The summed E-state index contributed by atoms with van der Waals surface area (Å²) >= 11 is 0. The highest BCUT2D eigenvalue weighted by Gasteiger charge is 2.29. The van der Waals surface area contributed by atoms with E-state index in [1.165, 1.54) is 0 Å². The Balaban J connectivity index is 1.70. The molecule has 2 unspecified atom stereocenters. The summed E-state index contributed by atoms with van der Waals surface area (Å²) in [6, 6.07) is -0.445. The molecule has 2 aliphatic rings. The summed E-state index contributed by atoms with van der Waals surface area (Å²) in [5.74, 6) is -0.412. The standard InChI is InChI=1S/C10H15NO4/c12-9-4-3-8(11-9)10(13)15-6-7-2-1-5-14-7/h7-8H,1-6H2,(H,11,12). The van der Waals surface area contributed by atoms with Gasteiger partial charge in [-0.3, -0.25) is 4.79 Å². The first kappa shape index (κ1) is 10.4. The summed E-state index contributed by atoms with van der Waals surface area (Å²) < 4.78 is 10.4. The Morgan fingerprint density at radius 3 is 3.00 bits per heavy atom. The van der Waals surface area contributed by atoms with Gasteiger partial charge in [0.15, 0.2) is 0 Å². The first-order valence-corrected chi connectivity index (χ1v) is 5.33. The van der Waals surface area contributed by atoms with Gasteiger partial charge in [0.2, 0.25) is 5.91 Å². The SMILES string of the molecule is O=C1CCC(C(=O)OCC2CCCO2)N1. The molecular weight excluding hydrogens is 198 g/mol. The van der Waals surface area contributed by atoms with Crippen molar-refractivity contribution in [3.05, 3.63) is 0 Å². The maximum atomic E-state index is 11.5. The molecule has 0 aromatic rings. The number of carbonyl (C=O) groups excluding carboxylic acids is 2. The minimum atomic E-state index is -0.445. The largest absolute Gasteiger partial charge is 0.461 e. The number of carbonyl (C=O) groups is 2. The average Bonchev–Trinajstić information content (AvgIpc) is 2.84. The molecule has 2 aliphatic heterocycles. The Morgan fingerprint density at radius 1 is 1.53 bits per heavy atom. The molecule has 0 saturated carbocycles. The van der Waals surface area contributed by atoms with Crippen molar-refractivity contribution in [1.82, 2.24) is 5.32 Å². The van der Waals surface area contributed by atoms with Gasteiger partial charge in [-0.1, -0.05) is 0 Å². The molecule has 2 rings (SSSR count). The number of amides is 1. The van der Waals surface area contributed by atoms with E-state index in [9.17, 15) is 9.59 Å². The number of rotatable bonds is 3. The third-order valence-electron chi connectivity index (χ3n) is 2.72. The fourth-order valence-corrected chi connectivity index (χ4v) is 1.84. The third-order valence-corrected chi connectivity index (χ3v) is 2.72. The van der Waals surface area contributed by atoms with Gasteiger partial charge in [-0.2, -0.15) is 0 Å². The first-order valence-electron chi connectivity index (χ1n) is 5.33. The Labute approximate surface area is 88.1 Å². The quantitative estimate of drug-likeness (QED) is 0.669. The molecule has 0 radical (unpaired) electrons. The monoisotopic (exact) mass is 213 g/mol. The zero-order valence-corrected chi connectivity index (χ0v) is 8.53. The lowest BCUT2D eigenvalue weighted by atomic mass is 10.2. The molecule has 0 aliphatic carbocycles. The van der Waals surface area contributed by atoms with Crippen LogP contribution in [0, 0.1) is 0 Å². The Hall–Kier alpha value is -1.10. The molecule has 1 amide bonds. The predicted octanol–water partition coefficient (Wildman–Crippen LogP) is -0.0128. The smallest absolute Gasteiger partial charge is 0.328 e. The van der Waals surface area contributed by atoms with Crippen molar-refractivity contribution < 1.29 is 19.1 Å². The molecule has 2 heterocycles. The van der Waals surface area contributed by atoms with E-state index >= 15 is 0 Å². The molecule has 2 fully saturated rings. The molecule has 1 N–H and O–H groups in total. The number of hydrogen-bond donors (Lipinski definition) is 1. The molecular formula is C10H15NO4. The van der Waals surface area contributed by atoms with Crippen LogP contribution in [0.15, 0.2) is 0 Å². The molecule has 0 bridgehead atoms. The van der Waals surface area contributed by atoms with Crippen molar-refractivity contribution in [3.8, 4) is 0 Å². The second-order valence-corrected chi connectivity index (χ2v) is 3.92. The lowest BCUT2D eigenvalue weighted by Gasteiger charge is -2.13. The molecule has 5 nitrogen and oxygen atoms in total. The molecule has 2 saturated heterocycles. The average molecular weight is 213 g/mol. The van der Waals surface area contributed by atoms with E-state index in [2.05, 4.69) is 5.32 Å².